The van der Waals surface area contributed by atoms with Gasteiger partial charge in [0.15, 0.2) is 0 Å². The van der Waals surface area contributed by atoms with Crippen molar-refractivity contribution in [1.29, 1.82) is 0 Å². The summed E-state index contributed by atoms with van der Waals surface area (Å²) in [4.78, 5) is 26.1. The Labute approximate surface area is 133 Å². The molecule has 0 radical (unpaired) electrons. The predicted molar refractivity (Wildman–Crippen MR) is 85.0 cm³/mol. The fourth-order valence-corrected chi connectivity index (χ4v) is 1.83. The molecule has 0 aliphatic carbocycles. The molecule has 0 unspecified atom stereocenters. The van der Waals surface area contributed by atoms with E-state index in [1.807, 2.05) is 0 Å². The van der Waals surface area contributed by atoms with Crippen LogP contribution in [-0.4, -0.2) is 31.0 Å². The maximum Gasteiger partial charge on any atom is 0.286 e. The number of carbonyl (C=O) groups excluding carboxylic acids is 2. The molecule has 2 amide bonds. The van der Waals surface area contributed by atoms with Gasteiger partial charge in [-0.05, 0) is 36.4 Å². The molecule has 2 aromatic rings. The Balaban J connectivity index is 1.97. The molecule has 3 N–H and O–H groups in total. The highest BCUT2D eigenvalue weighted by Gasteiger charge is 2.06. The second kappa shape index (κ2) is 7.69. The number of hydrazine groups is 1. The molecule has 1 aromatic carbocycles. The average molecular weight is 315 g/mol. The average Bonchev–Trinajstić information content (AvgIpc) is 3.12. The lowest BCUT2D eigenvalue weighted by Gasteiger charge is -2.07. The molecule has 7 nitrogen and oxygen atoms in total. The summed E-state index contributed by atoms with van der Waals surface area (Å²) < 4.78 is 10.3. The van der Waals surface area contributed by atoms with Crippen molar-refractivity contribution in [2.24, 2.45) is 0 Å². The Morgan fingerprint density at radius 3 is 2.61 bits per heavy atom. The third kappa shape index (κ3) is 4.37. The van der Waals surface area contributed by atoms with Crippen LogP contribution in [0.15, 0.2) is 42.6 Å². The highest BCUT2D eigenvalue weighted by atomic mass is 16.5. The minimum absolute atomic E-state index is 0.351. The van der Waals surface area contributed by atoms with Crippen molar-refractivity contribution in [2.45, 2.75) is 0 Å². The van der Waals surface area contributed by atoms with E-state index in [1.54, 1.807) is 49.7 Å². The van der Waals surface area contributed by atoms with E-state index in [0.717, 1.165) is 0 Å². The van der Waals surface area contributed by atoms with Crippen LogP contribution >= 0.6 is 0 Å². The molecule has 0 saturated carbocycles. The zero-order valence-electron chi connectivity index (χ0n) is 12.8. The number of benzene rings is 1. The Kier molecular flexibility index (Phi) is 5.40. The summed E-state index contributed by atoms with van der Waals surface area (Å²) in [5.41, 5.74) is 5.61. The van der Waals surface area contributed by atoms with Gasteiger partial charge in [0.1, 0.15) is 17.2 Å². The normalized spacial score (nSPS) is 10.3. The number of rotatable bonds is 5. The second-order valence-corrected chi connectivity index (χ2v) is 4.47. The number of carbonyl (C=O) groups is 2. The minimum atomic E-state index is -0.477. The van der Waals surface area contributed by atoms with Crippen molar-refractivity contribution >= 4 is 17.9 Å². The van der Waals surface area contributed by atoms with Crippen molar-refractivity contribution < 1.29 is 19.1 Å². The maximum absolute atomic E-state index is 11.7. The number of hydrogen-bond acceptors (Lipinski definition) is 4. The van der Waals surface area contributed by atoms with E-state index < -0.39 is 11.8 Å². The van der Waals surface area contributed by atoms with E-state index in [-0.39, 0.29) is 0 Å². The molecular weight excluding hydrogens is 298 g/mol. The summed E-state index contributed by atoms with van der Waals surface area (Å²) in [6.45, 7) is 0. The van der Waals surface area contributed by atoms with Gasteiger partial charge in [0.25, 0.3) is 11.8 Å². The van der Waals surface area contributed by atoms with E-state index >= 15 is 0 Å². The van der Waals surface area contributed by atoms with Crippen molar-refractivity contribution in [3.63, 3.8) is 0 Å². The van der Waals surface area contributed by atoms with Crippen molar-refractivity contribution in [1.82, 2.24) is 15.8 Å². The number of aromatic amines is 1. The maximum atomic E-state index is 11.7. The van der Waals surface area contributed by atoms with Crippen molar-refractivity contribution in [3.8, 4) is 11.5 Å². The van der Waals surface area contributed by atoms with Gasteiger partial charge < -0.3 is 14.5 Å². The van der Waals surface area contributed by atoms with Crippen LogP contribution in [0.4, 0.5) is 0 Å². The molecular formula is C16H17N3O4. The molecule has 0 saturated heterocycles. The first-order valence-electron chi connectivity index (χ1n) is 6.78. The third-order valence-corrected chi connectivity index (χ3v) is 2.99. The molecule has 7 heteroatoms. The van der Waals surface area contributed by atoms with Gasteiger partial charge in [0, 0.05) is 17.8 Å². The number of nitrogens with one attached hydrogen (secondary N) is 3. The van der Waals surface area contributed by atoms with Crippen LogP contribution in [0.2, 0.25) is 0 Å². The fourth-order valence-electron chi connectivity index (χ4n) is 1.83. The highest BCUT2D eigenvalue weighted by molar-refractivity contribution is 5.97. The Morgan fingerprint density at radius 1 is 1.13 bits per heavy atom. The number of ether oxygens (including phenoxy) is 2. The van der Waals surface area contributed by atoms with Gasteiger partial charge in [-0.25, -0.2) is 0 Å². The molecule has 0 aliphatic heterocycles. The van der Waals surface area contributed by atoms with Crippen molar-refractivity contribution in [2.75, 3.05) is 14.2 Å². The number of amides is 2. The SMILES string of the molecule is COc1ccc(OC)c(/C=C/C(=O)NNC(=O)c2ccc[nH]2)c1. The van der Waals surface area contributed by atoms with Crippen molar-refractivity contribution in [3.05, 3.63) is 53.9 Å². The van der Waals surface area contributed by atoms with E-state index in [0.29, 0.717) is 22.8 Å². The second-order valence-electron chi connectivity index (χ2n) is 4.47. The lowest BCUT2D eigenvalue weighted by Crippen LogP contribution is -2.40. The summed E-state index contributed by atoms with van der Waals surface area (Å²) in [5, 5.41) is 0. The van der Waals surface area contributed by atoms with Crippen LogP contribution < -0.4 is 20.3 Å². The molecule has 0 bridgehead atoms. The molecule has 23 heavy (non-hydrogen) atoms. The van der Waals surface area contributed by atoms with Crippen LogP contribution in [0.1, 0.15) is 16.1 Å². The molecule has 1 heterocycles. The van der Waals surface area contributed by atoms with Gasteiger partial charge in [-0.1, -0.05) is 0 Å². The molecule has 1 aromatic heterocycles. The molecule has 0 fully saturated rings. The standard InChI is InChI=1S/C16H17N3O4/c1-22-12-6-7-14(23-2)11(10-12)5-8-15(20)18-19-16(21)13-4-3-9-17-13/h3-10,17H,1-2H3,(H,18,20)(H,19,21)/b8-5+. The Morgan fingerprint density at radius 2 is 1.96 bits per heavy atom. The minimum Gasteiger partial charge on any atom is -0.497 e. The van der Waals surface area contributed by atoms with Crippen LogP contribution in [-0.2, 0) is 4.79 Å². The lowest BCUT2D eigenvalue weighted by molar-refractivity contribution is -0.117. The van der Waals surface area contributed by atoms with Gasteiger partial charge in [0.2, 0.25) is 0 Å². The number of methoxy groups -OCH3 is 2. The molecule has 0 spiro atoms. The van der Waals surface area contributed by atoms with E-state index in [1.165, 1.54) is 13.2 Å². The zero-order chi connectivity index (χ0) is 16.7. The van der Waals surface area contributed by atoms with Crippen LogP contribution in [0.25, 0.3) is 6.08 Å². The summed E-state index contributed by atoms with van der Waals surface area (Å²) in [5.74, 6) is 0.335. The molecule has 120 valence electrons. The highest BCUT2D eigenvalue weighted by Crippen LogP contribution is 2.24. The number of aromatic nitrogens is 1. The van der Waals surface area contributed by atoms with E-state index in [9.17, 15) is 9.59 Å². The Bertz CT molecular complexity index is 708. The Hall–Kier alpha value is -3.22. The van der Waals surface area contributed by atoms with Gasteiger partial charge >= 0.3 is 0 Å². The van der Waals surface area contributed by atoms with Gasteiger partial charge in [0.05, 0.1) is 14.2 Å². The van der Waals surface area contributed by atoms with Crippen LogP contribution in [0.3, 0.4) is 0 Å². The monoisotopic (exact) mass is 315 g/mol. The number of hydrogen-bond donors (Lipinski definition) is 3. The summed E-state index contributed by atoms with van der Waals surface area (Å²) >= 11 is 0. The number of H-pyrrole nitrogens is 1. The van der Waals surface area contributed by atoms with E-state index in [4.69, 9.17) is 9.47 Å². The first-order chi connectivity index (χ1) is 11.1. The molecule has 0 aliphatic rings. The van der Waals surface area contributed by atoms with E-state index in [2.05, 4.69) is 15.8 Å². The summed E-state index contributed by atoms with van der Waals surface area (Å²) in [6.07, 6.45) is 4.47. The van der Waals surface area contributed by atoms with Crippen LogP contribution in [0.5, 0.6) is 11.5 Å². The summed E-state index contributed by atoms with van der Waals surface area (Å²) in [6, 6.07) is 8.51. The predicted octanol–water partition coefficient (Wildman–Crippen LogP) is 1.51. The molecule has 0 atom stereocenters. The van der Waals surface area contributed by atoms with Gasteiger partial charge in [-0.2, -0.15) is 0 Å². The van der Waals surface area contributed by atoms with Gasteiger partial charge in [-0.15, -0.1) is 0 Å². The third-order valence-electron chi connectivity index (χ3n) is 2.99. The molecule has 2 rings (SSSR count). The first-order valence-corrected chi connectivity index (χ1v) is 6.78. The topological polar surface area (TPSA) is 92.4 Å². The quantitative estimate of drug-likeness (QED) is 0.576. The largest absolute Gasteiger partial charge is 0.497 e. The summed E-state index contributed by atoms with van der Waals surface area (Å²) in [7, 11) is 3.09. The first kappa shape index (κ1) is 16.2. The zero-order valence-corrected chi connectivity index (χ0v) is 12.8. The fraction of sp³-hybridized carbons (Fsp3) is 0.125. The smallest absolute Gasteiger partial charge is 0.286 e. The van der Waals surface area contributed by atoms with Gasteiger partial charge in [-0.3, -0.25) is 20.4 Å². The lowest BCUT2D eigenvalue weighted by atomic mass is 10.1. The van der Waals surface area contributed by atoms with Crippen LogP contribution in [0, 0.1) is 0 Å².